The molecule has 15 heavy (non-hydrogen) atoms. The minimum atomic E-state index is -3.37. The summed E-state index contributed by atoms with van der Waals surface area (Å²) in [6.07, 6.45) is 0. The molecule has 6 heteroatoms. The molecule has 0 atom stereocenters. The van der Waals surface area contributed by atoms with E-state index in [0.29, 0.717) is 5.02 Å². The molecule has 0 saturated carbocycles. The van der Waals surface area contributed by atoms with E-state index in [4.69, 9.17) is 23.2 Å². The van der Waals surface area contributed by atoms with Crippen molar-refractivity contribution in [3.8, 4) is 0 Å². The lowest BCUT2D eigenvalue weighted by Crippen LogP contribution is -2.27. The Morgan fingerprint density at radius 3 is 2.47 bits per heavy atom. The number of nitrogens with zero attached hydrogens (tertiary/aromatic N) is 1. The van der Waals surface area contributed by atoms with Gasteiger partial charge >= 0.3 is 0 Å². The van der Waals surface area contributed by atoms with Crippen molar-refractivity contribution in [1.29, 1.82) is 0 Å². The number of rotatable bonds is 4. The zero-order valence-corrected chi connectivity index (χ0v) is 10.5. The molecule has 1 rings (SSSR count). The zero-order valence-electron chi connectivity index (χ0n) is 8.15. The van der Waals surface area contributed by atoms with Crippen LogP contribution in [-0.2, 0) is 16.6 Å². The number of sulfonamides is 1. The summed E-state index contributed by atoms with van der Waals surface area (Å²) in [6.45, 7) is 0.231. The third kappa shape index (κ3) is 3.34. The van der Waals surface area contributed by atoms with E-state index in [-0.39, 0.29) is 6.54 Å². The molecule has 0 amide bonds. The minimum absolute atomic E-state index is 0.231. The molecule has 0 saturated heterocycles. The number of benzene rings is 1. The Hall–Kier alpha value is -0.290. The van der Waals surface area contributed by atoms with Gasteiger partial charge in [-0.1, -0.05) is 29.8 Å². The number of alkyl halides is 1. The van der Waals surface area contributed by atoms with Crippen molar-refractivity contribution in [2.45, 2.75) is 6.54 Å². The van der Waals surface area contributed by atoms with E-state index < -0.39 is 15.2 Å². The monoisotopic (exact) mass is 267 g/mol. The van der Waals surface area contributed by atoms with E-state index >= 15 is 0 Å². The first-order valence-corrected chi connectivity index (χ1v) is 6.73. The van der Waals surface area contributed by atoms with Crippen LogP contribution >= 0.6 is 23.2 Å². The van der Waals surface area contributed by atoms with Crippen molar-refractivity contribution in [3.63, 3.8) is 0 Å². The first-order chi connectivity index (χ1) is 6.97. The minimum Gasteiger partial charge on any atom is -0.211 e. The van der Waals surface area contributed by atoms with Crippen molar-refractivity contribution in [3.05, 3.63) is 34.9 Å². The SMILES string of the molecule is CN(Cc1ccccc1Cl)S(=O)(=O)CCl. The van der Waals surface area contributed by atoms with Gasteiger partial charge in [0.25, 0.3) is 0 Å². The van der Waals surface area contributed by atoms with E-state index in [1.54, 1.807) is 18.2 Å². The van der Waals surface area contributed by atoms with Crippen LogP contribution < -0.4 is 0 Å². The van der Waals surface area contributed by atoms with Crippen LogP contribution in [0.5, 0.6) is 0 Å². The Balaban J connectivity index is 2.84. The van der Waals surface area contributed by atoms with Crippen molar-refractivity contribution < 1.29 is 8.42 Å². The molecule has 0 N–H and O–H groups in total. The fourth-order valence-corrected chi connectivity index (χ4v) is 2.25. The van der Waals surface area contributed by atoms with Crippen LogP contribution in [0.15, 0.2) is 24.3 Å². The zero-order chi connectivity index (χ0) is 11.5. The van der Waals surface area contributed by atoms with Gasteiger partial charge in [-0.05, 0) is 11.6 Å². The number of halogens is 2. The topological polar surface area (TPSA) is 37.4 Å². The first-order valence-electron chi connectivity index (χ1n) is 4.21. The van der Waals surface area contributed by atoms with Crippen LogP contribution in [0.25, 0.3) is 0 Å². The second-order valence-electron chi connectivity index (χ2n) is 3.07. The quantitative estimate of drug-likeness (QED) is 0.786. The maximum atomic E-state index is 11.4. The number of hydrogen-bond acceptors (Lipinski definition) is 2. The van der Waals surface area contributed by atoms with Crippen LogP contribution in [-0.4, -0.2) is 25.0 Å². The molecule has 0 bridgehead atoms. The van der Waals surface area contributed by atoms with Crippen LogP contribution in [0, 0.1) is 0 Å². The molecule has 0 fully saturated rings. The molecule has 0 heterocycles. The Morgan fingerprint density at radius 2 is 1.93 bits per heavy atom. The van der Waals surface area contributed by atoms with Crippen molar-refractivity contribution >= 4 is 33.2 Å². The third-order valence-corrected chi connectivity index (χ3v) is 4.51. The van der Waals surface area contributed by atoms with Gasteiger partial charge in [-0.3, -0.25) is 0 Å². The smallest absolute Gasteiger partial charge is 0.211 e. The maximum Gasteiger partial charge on any atom is 0.228 e. The molecule has 1 aromatic carbocycles. The molecular weight excluding hydrogens is 257 g/mol. The van der Waals surface area contributed by atoms with E-state index in [1.807, 2.05) is 6.07 Å². The van der Waals surface area contributed by atoms with E-state index in [0.717, 1.165) is 5.56 Å². The molecule has 0 unspecified atom stereocenters. The summed E-state index contributed by atoms with van der Waals surface area (Å²) >= 11 is 11.2. The lowest BCUT2D eigenvalue weighted by atomic mass is 10.2. The lowest BCUT2D eigenvalue weighted by Gasteiger charge is -2.15. The van der Waals surface area contributed by atoms with E-state index in [9.17, 15) is 8.42 Å². The standard InChI is InChI=1S/C9H11Cl2NO2S/c1-12(15(13,14)7-10)6-8-4-2-3-5-9(8)11/h2-5H,6-7H2,1H3. The Kier molecular flexibility index (Phi) is 4.40. The molecule has 0 aliphatic heterocycles. The van der Waals surface area contributed by atoms with Gasteiger partial charge in [-0.2, -0.15) is 4.31 Å². The van der Waals surface area contributed by atoms with Crippen molar-refractivity contribution in [2.24, 2.45) is 0 Å². The summed E-state index contributed by atoms with van der Waals surface area (Å²) in [4.78, 5) is 0. The second kappa shape index (κ2) is 5.16. The molecule has 84 valence electrons. The van der Waals surface area contributed by atoms with Gasteiger partial charge in [-0.25, -0.2) is 8.42 Å². The van der Waals surface area contributed by atoms with Gasteiger partial charge in [0.15, 0.2) is 0 Å². The first kappa shape index (κ1) is 12.8. The van der Waals surface area contributed by atoms with Crippen LogP contribution in [0.2, 0.25) is 5.02 Å². The molecular formula is C9H11Cl2NO2S. The van der Waals surface area contributed by atoms with Gasteiger partial charge < -0.3 is 0 Å². The van der Waals surface area contributed by atoms with Gasteiger partial charge in [0, 0.05) is 18.6 Å². The molecule has 0 aliphatic rings. The summed E-state index contributed by atoms with van der Waals surface area (Å²) in [5.41, 5.74) is 0.760. The Labute approximate surface area is 99.7 Å². The largest absolute Gasteiger partial charge is 0.228 e. The Bertz CT molecular complexity index is 433. The van der Waals surface area contributed by atoms with Crippen LogP contribution in [0.4, 0.5) is 0 Å². The highest BCUT2D eigenvalue weighted by atomic mass is 35.5. The highest BCUT2D eigenvalue weighted by Crippen LogP contribution is 2.17. The van der Waals surface area contributed by atoms with Crippen LogP contribution in [0.1, 0.15) is 5.56 Å². The fraction of sp³-hybridized carbons (Fsp3) is 0.333. The molecule has 1 aromatic rings. The molecule has 0 aromatic heterocycles. The summed E-state index contributed by atoms with van der Waals surface area (Å²) in [5, 5.41) is 0.127. The van der Waals surface area contributed by atoms with Crippen LogP contribution in [0.3, 0.4) is 0 Å². The molecule has 0 radical (unpaired) electrons. The van der Waals surface area contributed by atoms with Gasteiger partial charge in [0.1, 0.15) is 5.21 Å². The second-order valence-corrected chi connectivity index (χ2v) is 6.14. The highest BCUT2D eigenvalue weighted by molar-refractivity contribution is 7.90. The molecule has 3 nitrogen and oxygen atoms in total. The van der Waals surface area contributed by atoms with Gasteiger partial charge in [0.05, 0.1) is 0 Å². The average molecular weight is 268 g/mol. The van der Waals surface area contributed by atoms with Gasteiger partial charge in [-0.15, -0.1) is 11.6 Å². The van der Waals surface area contributed by atoms with E-state index in [1.165, 1.54) is 11.4 Å². The number of hydrogen-bond donors (Lipinski definition) is 0. The predicted octanol–water partition coefficient (Wildman–Crippen LogP) is 2.30. The van der Waals surface area contributed by atoms with E-state index in [2.05, 4.69) is 0 Å². The predicted molar refractivity (Wildman–Crippen MR) is 62.6 cm³/mol. The summed E-state index contributed by atoms with van der Waals surface area (Å²) in [6, 6.07) is 7.10. The van der Waals surface area contributed by atoms with Gasteiger partial charge in [0.2, 0.25) is 10.0 Å². The lowest BCUT2D eigenvalue weighted by molar-refractivity contribution is 0.471. The summed E-state index contributed by atoms with van der Waals surface area (Å²) in [7, 11) is -1.90. The third-order valence-electron chi connectivity index (χ3n) is 1.96. The highest BCUT2D eigenvalue weighted by Gasteiger charge is 2.17. The van der Waals surface area contributed by atoms with Crippen molar-refractivity contribution in [1.82, 2.24) is 4.31 Å². The molecule has 0 spiro atoms. The fourth-order valence-electron chi connectivity index (χ4n) is 1.05. The summed E-state index contributed by atoms with van der Waals surface area (Å²) < 4.78 is 23.9. The normalized spacial score (nSPS) is 12.0. The van der Waals surface area contributed by atoms with Crippen molar-refractivity contribution in [2.75, 3.05) is 12.3 Å². The molecule has 0 aliphatic carbocycles. The summed E-state index contributed by atoms with van der Waals surface area (Å²) in [5.74, 6) is 0. The Morgan fingerprint density at radius 1 is 1.33 bits per heavy atom. The maximum absolute atomic E-state index is 11.4. The average Bonchev–Trinajstić information content (AvgIpc) is 2.21.